The maximum absolute atomic E-state index is 13.2. The lowest BCUT2D eigenvalue weighted by atomic mass is 9.96. The first kappa shape index (κ1) is 16.7. The molecule has 2 rings (SSSR count). The summed E-state index contributed by atoms with van der Waals surface area (Å²) in [5.41, 5.74) is 3.37. The van der Waals surface area contributed by atoms with Crippen LogP contribution in [0.2, 0.25) is 0 Å². The molecule has 0 aliphatic carbocycles. The standard InChI is InChI=1S/C17H18Br2FN/c1-3-21-17(13-7-14(18)10-15(19)8-13)9-12-4-5-16(20)6-11(12)2/h4-8,10,17,21H,3,9H2,1-2H3. The topological polar surface area (TPSA) is 12.0 Å². The van der Waals surface area contributed by atoms with Crippen LogP contribution in [0.15, 0.2) is 45.3 Å². The summed E-state index contributed by atoms with van der Waals surface area (Å²) < 4.78 is 15.3. The van der Waals surface area contributed by atoms with Crippen molar-refractivity contribution >= 4 is 31.9 Å². The number of benzene rings is 2. The van der Waals surface area contributed by atoms with Crippen LogP contribution in [-0.2, 0) is 6.42 Å². The second-order valence-corrected chi connectivity index (χ2v) is 6.92. The molecule has 0 aliphatic heterocycles. The molecule has 0 heterocycles. The molecule has 0 saturated heterocycles. The molecule has 4 heteroatoms. The van der Waals surface area contributed by atoms with E-state index in [4.69, 9.17) is 0 Å². The highest BCUT2D eigenvalue weighted by molar-refractivity contribution is 9.11. The molecular weight excluding hydrogens is 397 g/mol. The minimum absolute atomic E-state index is 0.179. The normalized spacial score (nSPS) is 12.4. The van der Waals surface area contributed by atoms with E-state index in [1.165, 1.54) is 17.2 Å². The summed E-state index contributed by atoms with van der Waals surface area (Å²) in [5.74, 6) is -0.179. The average molecular weight is 415 g/mol. The predicted octanol–water partition coefficient (Wildman–Crippen LogP) is 5.55. The molecule has 2 aromatic rings. The first-order chi connectivity index (χ1) is 9.99. The summed E-state index contributed by atoms with van der Waals surface area (Å²) in [5, 5.41) is 3.51. The number of nitrogens with one attached hydrogen (secondary N) is 1. The molecular formula is C17H18Br2FN. The number of hydrogen-bond donors (Lipinski definition) is 1. The molecule has 0 bridgehead atoms. The van der Waals surface area contributed by atoms with Crippen LogP contribution in [0.1, 0.15) is 29.7 Å². The molecule has 0 aliphatic rings. The van der Waals surface area contributed by atoms with Crippen LogP contribution in [0.3, 0.4) is 0 Å². The zero-order chi connectivity index (χ0) is 15.4. The number of halogens is 3. The number of rotatable bonds is 5. The Hall–Kier alpha value is -0.710. The van der Waals surface area contributed by atoms with E-state index in [-0.39, 0.29) is 11.9 Å². The zero-order valence-electron chi connectivity index (χ0n) is 12.1. The number of hydrogen-bond acceptors (Lipinski definition) is 1. The lowest BCUT2D eigenvalue weighted by Gasteiger charge is -2.20. The highest BCUT2D eigenvalue weighted by Gasteiger charge is 2.14. The quantitative estimate of drug-likeness (QED) is 0.675. The molecule has 112 valence electrons. The van der Waals surface area contributed by atoms with Crippen LogP contribution in [0.25, 0.3) is 0 Å². The van der Waals surface area contributed by atoms with Gasteiger partial charge < -0.3 is 5.32 Å². The molecule has 21 heavy (non-hydrogen) atoms. The fourth-order valence-electron chi connectivity index (χ4n) is 2.44. The number of aryl methyl sites for hydroxylation is 1. The van der Waals surface area contributed by atoms with E-state index in [2.05, 4.69) is 56.2 Å². The van der Waals surface area contributed by atoms with Crippen LogP contribution in [0.4, 0.5) is 4.39 Å². The van der Waals surface area contributed by atoms with Gasteiger partial charge in [0.05, 0.1) is 0 Å². The van der Waals surface area contributed by atoms with Gasteiger partial charge in [0.2, 0.25) is 0 Å². The summed E-state index contributed by atoms with van der Waals surface area (Å²) in [6.07, 6.45) is 0.836. The Bertz CT molecular complexity index is 608. The van der Waals surface area contributed by atoms with Crippen molar-refractivity contribution in [3.05, 3.63) is 67.9 Å². The zero-order valence-corrected chi connectivity index (χ0v) is 15.3. The summed E-state index contributed by atoms with van der Waals surface area (Å²) in [6.45, 7) is 4.94. The van der Waals surface area contributed by atoms with Crippen LogP contribution in [-0.4, -0.2) is 6.54 Å². The Balaban J connectivity index is 2.30. The van der Waals surface area contributed by atoms with E-state index in [0.29, 0.717) is 0 Å². The predicted molar refractivity (Wildman–Crippen MR) is 93.1 cm³/mol. The van der Waals surface area contributed by atoms with Gasteiger partial charge in [-0.05, 0) is 66.9 Å². The maximum atomic E-state index is 13.2. The third kappa shape index (κ3) is 4.63. The highest BCUT2D eigenvalue weighted by Crippen LogP contribution is 2.27. The molecule has 1 unspecified atom stereocenters. The minimum Gasteiger partial charge on any atom is -0.310 e. The largest absolute Gasteiger partial charge is 0.310 e. The molecule has 0 fully saturated rings. The van der Waals surface area contributed by atoms with Gasteiger partial charge in [0.15, 0.2) is 0 Å². The van der Waals surface area contributed by atoms with Gasteiger partial charge in [-0.25, -0.2) is 4.39 Å². The lowest BCUT2D eigenvalue weighted by molar-refractivity contribution is 0.547. The van der Waals surface area contributed by atoms with Crippen molar-refractivity contribution in [3.63, 3.8) is 0 Å². The van der Waals surface area contributed by atoms with Gasteiger partial charge in [0.25, 0.3) is 0 Å². The molecule has 1 atom stereocenters. The summed E-state index contributed by atoms with van der Waals surface area (Å²) >= 11 is 7.07. The maximum Gasteiger partial charge on any atom is 0.123 e. The SMILES string of the molecule is CCNC(Cc1ccc(F)cc1C)c1cc(Br)cc(Br)c1. The Labute approximate surface area is 142 Å². The second-order valence-electron chi connectivity index (χ2n) is 5.09. The third-order valence-electron chi connectivity index (χ3n) is 3.47. The van der Waals surface area contributed by atoms with Crippen molar-refractivity contribution in [2.75, 3.05) is 6.54 Å². The fourth-order valence-corrected chi connectivity index (χ4v) is 3.77. The van der Waals surface area contributed by atoms with Crippen LogP contribution in [0, 0.1) is 12.7 Å². The lowest BCUT2D eigenvalue weighted by Crippen LogP contribution is -2.23. The van der Waals surface area contributed by atoms with Crippen LogP contribution < -0.4 is 5.32 Å². The van der Waals surface area contributed by atoms with Crippen molar-refractivity contribution in [1.29, 1.82) is 0 Å². The van der Waals surface area contributed by atoms with Crippen LogP contribution >= 0.6 is 31.9 Å². The van der Waals surface area contributed by atoms with Gasteiger partial charge in [-0.1, -0.05) is 44.8 Å². The molecule has 0 spiro atoms. The molecule has 1 N–H and O–H groups in total. The average Bonchev–Trinajstić information content (AvgIpc) is 2.40. The molecule has 0 aromatic heterocycles. The van der Waals surface area contributed by atoms with Gasteiger partial charge >= 0.3 is 0 Å². The van der Waals surface area contributed by atoms with E-state index in [0.717, 1.165) is 27.5 Å². The Morgan fingerprint density at radius 2 is 1.76 bits per heavy atom. The van der Waals surface area contributed by atoms with Crippen LogP contribution in [0.5, 0.6) is 0 Å². The monoisotopic (exact) mass is 413 g/mol. The second kappa shape index (κ2) is 7.52. The first-order valence-electron chi connectivity index (χ1n) is 6.94. The van der Waals surface area contributed by atoms with Gasteiger partial charge in [-0.3, -0.25) is 0 Å². The summed E-state index contributed by atoms with van der Waals surface area (Å²) in [4.78, 5) is 0. The van der Waals surface area contributed by atoms with E-state index < -0.39 is 0 Å². The van der Waals surface area contributed by atoms with E-state index in [1.54, 1.807) is 6.07 Å². The summed E-state index contributed by atoms with van der Waals surface area (Å²) in [6, 6.07) is 11.5. The molecule has 2 aromatic carbocycles. The Morgan fingerprint density at radius 3 is 2.33 bits per heavy atom. The van der Waals surface area contributed by atoms with E-state index in [9.17, 15) is 4.39 Å². The smallest absolute Gasteiger partial charge is 0.123 e. The van der Waals surface area contributed by atoms with Crippen molar-refractivity contribution in [2.24, 2.45) is 0 Å². The van der Waals surface area contributed by atoms with Crippen molar-refractivity contribution in [2.45, 2.75) is 26.3 Å². The van der Waals surface area contributed by atoms with Gasteiger partial charge in [0.1, 0.15) is 5.82 Å². The van der Waals surface area contributed by atoms with Crippen molar-refractivity contribution in [1.82, 2.24) is 5.32 Å². The number of likely N-dealkylation sites (N-methyl/N-ethyl adjacent to an activating group) is 1. The van der Waals surface area contributed by atoms with Crippen molar-refractivity contribution in [3.8, 4) is 0 Å². The fraction of sp³-hybridized carbons (Fsp3) is 0.294. The minimum atomic E-state index is -0.179. The van der Waals surface area contributed by atoms with Crippen molar-refractivity contribution < 1.29 is 4.39 Å². The molecule has 1 nitrogen and oxygen atoms in total. The van der Waals surface area contributed by atoms with E-state index >= 15 is 0 Å². The Morgan fingerprint density at radius 1 is 1.10 bits per heavy atom. The molecule has 0 amide bonds. The van der Waals surface area contributed by atoms with Gasteiger partial charge in [-0.2, -0.15) is 0 Å². The first-order valence-corrected chi connectivity index (χ1v) is 8.52. The molecule has 0 radical (unpaired) electrons. The Kier molecular flexibility index (Phi) is 5.97. The van der Waals surface area contributed by atoms with Gasteiger partial charge in [-0.15, -0.1) is 0 Å². The van der Waals surface area contributed by atoms with E-state index in [1.807, 2.05) is 19.1 Å². The molecule has 0 saturated carbocycles. The highest BCUT2D eigenvalue weighted by atomic mass is 79.9. The summed E-state index contributed by atoms with van der Waals surface area (Å²) in [7, 11) is 0. The van der Waals surface area contributed by atoms with Gasteiger partial charge in [0, 0.05) is 15.0 Å². The third-order valence-corrected chi connectivity index (χ3v) is 4.38.